The van der Waals surface area contributed by atoms with Crippen LogP contribution in [0.2, 0.25) is 0 Å². The van der Waals surface area contributed by atoms with Gasteiger partial charge in [-0.25, -0.2) is 13.2 Å². The summed E-state index contributed by atoms with van der Waals surface area (Å²) in [5.41, 5.74) is -0.396. The lowest BCUT2D eigenvalue weighted by Crippen LogP contribution is -2.31. The molecule has 0 aliphatic rings. The summed E-state index contributed by atoms with van der Waals surface area (Å²) in [6.45, 7) is 0. The van der Waals surface area contributed by atoms with E-state index < -0.39 is 35.4 Å². The molecule has 0 atom stereocenters. The first-order chi connectivity index (χ1) is 7.35. The number of hydrogen-bond acceptors (Lipinski definition) is 3. The lowest BCUT2D eigenvalue weighted by Gasteiger charge is -2.19. The van der Waals surface area contributed by atoms with E-state index in [0.29, 0.717) is 12.1 Å². The second-order valence-electron chi connectivity index (χ2n) is 3.30. The van der Waals surface area contributed by atoms with Gasteiger partial charge >= 0.3 is 0 Å². The monoisotopic (exact) mass is 252 g/mol. The van der Waals surface area contributed by atoms with E-state index >= 15 is 0 Å². The molecule has 7 heteroatoms. The van der Waals surface area contributed by atoms with Crippen LogP contribution in [-0.4, -0.2) is 26.7 Å². The van der Waals surface area contributed by atoms with Gasteiger partial charge in [0.05, 0.1) is 0 Å². The average molecular weight is 252 g/mol. The molecule has 0 saturated carbocycles. The van der Waals surface area contributed by atoms with Crippen LogP contribution in [0.25, 0.3) is 0 Å². The molecule has 1 aromatic rings. The number of hydrogen-bond donors (Lipinski definition) is 2. The molecule has 90 valence electrons. The number of benzene rings is 1. The highest BCUT2D eigenvalue weighted by molar-refractivity contribution is 5.98. The van der Waals surface area contributed by atoms with Crippen LogP contribution < -0.4 is 0 Å². The molecule has 0 spiro atoms. The summed E-state index contributed by atoms with van der Waals surface area (Å²) in [5.74, 6) is -5.51. The summed E-state index contributed by atoms with van der Waals surface area (Å²) < 4.78 is 43.2. The number of rotatable bonds is 4. The molecule has 1 aromatic carbocycles. The highest BCUT2D eigenvalue weighted by Gasteiger charge is 2.23. The molecule has 2 N–H and O–H groups in total. The fourth-order valence-electron chi connectivity index (χ4n) is 1.20. The second kappa shape index (κ2) is 4.96. The molecule has 0 bridgehead atoms. The maximum atomic E-state index is 13.1. The molecule has 0 unspecified atom stereocenters. The third-order valence-electron chi connectivity index (χ3n) is 2.13. The van der Waals surface area contributed by atoms with Crippen molar-refractivity contribution in [2.75, 3.05) is 0 Å². The van der Waals surface area contributed by atoms with Gasteiger partial charge in [-0.05, 0) is 6.42 Å². The van der Waals surface area contributed by atoms with Gasteiger partial charge in [0.25, 0.3) is 5.97 Å². The van der Waals surface area contributed by atoms with Crippen LogP contribution in [0.1, 0.15) is 12.0 Å². The van der Waals surface area contributed by atoms with Crippen molar-refractivity contribution in [2.45, 2.75) is 18.8 Å². The Morgan fingerprint density at radius 3 is 2.12 bits per heavy atom. The molecule has 0 saturated heterocycles. The van der Waals surface area contributed by atoms with E-state index in [1.807, 2.05) is 0 Å². The van der Waals surface area contributed by atoms with Crippen molar-refractivity contribution in [3.8, 4) is 0 Å². The Bertz CT molecular complexity index is 361. The maximum Gasteiger partial charge on any atom is 0.267 e. The fraction of sp³-hybridized carbons (Fsp3) is 0.333. The maximum absolute atomic E-state index is 13.1. The highest BCUT2D eigenvalue weighted by Crippen LogP contribution is 2.19. The van der Waals surface area contributed by atoms with Crippen molar-refractivity contribution in [3.05, 3.63) is 35.1 Å². The molecular weight excluding hydrogens is 241 g/mol. The lowest BCUT2D eigenvalue weighted by atomic mass is 10.1. The zero-order valence-corrected chi connectivity index (χ0v) is 10.5. The summed E-state index contributed by atoms with van der Waals surface area (Å²) in [6.07, 6.45) is -0.691. The molecule has 0 amide bonds. The summed E-state index contributed by atoms with van der Waals surface area (Å²) >= 11 is 0. The molecule has 3 nitrogen and oxygen atoms in total. The van der Waals surface area contributed by atoms with Crippen molar-refractivity contribution >= 4 is 10.5 Å². The minimum Gasteiger partial charge on any atom is -0.381 e. The van der Waals surface area contributed by atoms with Crippen molar-refractivity contribution in [3.63, 3.8) is 0 Å². The molecule has 0 aliphatic heterocycles. The Morgan fingerprint density at radius 2 is 1.69 bits per heavy atom. The van der Waals surface area contributed by atoms with E-state index in [4.69, 9.17) is 10.2 Å². The van der Waals surface area contributed by atoms with Crippen LogP contribution in [0.3, 0.4) is 0 Å². The number of halogens is 3. The van der Waals surface area contributed by atoms with Gasteiger partial charge in [0.15, 0.2) is 10.5 Å². The smallest absolute Gasteiger partial charge is 0.267 e. The minimum absolute atomic E-state index is 0.0713. The van der Waals surface area contributed by atoms with E-state index in [-0.39, 0.29) is 16.9 Å². The Hall–Kier alpha value is -0.893. The molecule has 0 aromatic heterocycles. The van der Waals surface area contributed by atoms with Gasteiger partial charge in [-0.1, -0.05) is 0 Å². The van der Waals surface area contributed by atoms with E-state index in [1.165, 1.54) is 0 Å². The summed E-state index contributed by atoms with van der Waals surface area (Å²) in [7, 11) is 0.0713. The van der Waals surface area contributed by atoms with Crippen molar-refractivity contribution in [1.82, 2.24) is 0 Å². The van der Waals surface area contributed by atoms with Crippen LogP contribution in [0.4, 0.5) is 13.2 Å². The van der Waals surface area contributed by atoms with Crippen molar-refractivity contribution in [1.29, 1.82) is 0 Å². The van der Waals surface area contributed by atoms with E-state index in [2.05, 4.69) is 4.43 Å². The standard InChI is InChI=1S/C9H11F3O3Si/c10-5-3-7(11)6(8(12)4-5)1-2-9(13,14)15-16/h3-4,13-14H,1-2H2,16H3. The van der Waals surface area contributed by atoms with Crippen LogP contribution in [0.5, 0.6) is 0 Å². The van der Waals surface area contributed by atoms with Crippen LogP contribution in [0.15, 0.2) is 12.1 Å². The van der Waals surface area contributed by atoms with Crippen LogP contribution in [-0.2, 0) is 10.8 Å². The Morgan fingerprint density at radius 1 is 1.19 bits per heavy atom. The lowest BCUT2D eigenvalue weighted by molar-refractivity contribution is -0.294. The van der Waals surface area contributed by atoms with E-state index in [9.17, 15) is 13.2 Å². The second-order valence-corrected chi connectivity index (χ2v) is 3.70. The van der Waals surface area contributed by atoms with Gasteiger partial charge in [0.1, 0.15) is 17.5 Å². The normalized spacial score (nSPS) is 12.1. The third-order valence-corrected chi connectivity index (χ3v) is 2.79. The Balaban J connectivity index is 2.82. The van der Waals surface area contributed by atoms with Gasteiger partial charge in [0.2, 0.25) is 0 Å². The first kappa shape index (κ1) is 13.2. The fourth-order valence-corrected chi connectivity index (χ4v) is 1.40. The molecule has 0 aliphatic carbocycles. The first-order valence-electron chi connectivity index (χ1n) is 4.49. The van der Waals surface area contributed by atoms with E-state index in [1.54, 1.807) is 0 Å². The minimum atomic E-state index is -2.39. The highest BCUT2D eigenvalue weighted by atomic mass is 28.2. The predicted molar refractivity (Wildman–Crippen MR) is 52.8 cm³/mol. The SMILES string of the molecule is OC(O)(CCc1c(F)cc(F)cc1F)O[SiH3]. The Labute approximate surface area is 93.0 Å². The van der Waals surface area contributed by atoms with Gasteiger partial charge in [-0.2, -0.15) is 0 Å². The van der Waals surface area contributed by atoms with Gasteiger partial charge < -0.3 is 14.6 Å². The summed E-state index contributed by atoms with van der Waals surface area (Å²) in [5, 5.41) is 18.1. The zero-order chi connectivity index (χ0) is 12.3. The van der Waals surface area contributed by atoms with Crippen LogP contribution in [0, 0.1) is 17.5 Å². The third kappa shape index (κ3) is 3.31. The van der Waals surface area contributed by atoms with Crippen molar-refractivity contribution in [2.24, 2.45) is 0 Å². The number of aliphatic hydroxyl groups is 2. The average Bonchev–Trinajstić information content (AvgIpc) is 2.16. The largest absolute Gasteiger partial charge is 0.381 e. The Kier molecular flexibility index (Phi) is 4.08. The van der Waals surface area contributed by atoms with E-state index in [0.717, 1.165) is 0 Å². The molecule has 16 heavy (non-hydrogen) atoms. The molecule has 0 heterocycles. The topological polar surface area (TPSA) is 49.7 Å². The van der Waals surface area contributed by atoms with Gasteiger partial charge in [-0.3, -0.25) is 0 Å². The quantitative estimate of drug-likeness (QED) is 0.584. The summed E-state index contributed by atoms with van der Waals surface area (Å²) in [4.78, 5) is 0. The van der Waals surface area contributed by atoms with Crippen molar-refractivity contribution < 1.29 is 27.8 Å². The molecule has 0 radical (unpaired) electrons. The predicted octanol–water partition coefficient (Wildman–Crippen LogP) is -0.0281. The molecule has 0 fully saturated rings. The van der Waals surface area contributed by atoms with Crippen LogP contribution >= 0.6 is 0 Å². The summed E-state index contributed by atoms with van der Waals surface area (Å²) in [6, 6.07) is 1.08. The van der Waals surface area contributed by atoms with Gasteiger partial charge in [-0.15, -0.1) is 0 Å². The molecule has 1 rings (SSSR count). The zero-order valence-electron chi connectivity index (χ0n) is 8.51. The molecular formula is C9H11F3O3Si. The van der Waals surface area contributed by atoms with Gasteiger partial charge in [0, 0.05) is 24.1 Å². The first-order valence-corrected chi connectivity index (χ1v) is 5.30.